The third kappa shape index (κ3) is 2.31. The van der Waals surface area contributed by atoms with Crippen molar-refractivity contribution in [3.63, 3.8) is 0 Å². The molecule has 0 amide bonds. The molecule has 2 rings (SSSR count). The van der Waals surface area contributed by atoms with Crippen LogP contribution < -0.4 is 5.73 Å². The zero-order valence-corrected chi connectivity index (χ0v) is 10.0. The lowest BCUT2D eigenvalue weighted by Crippen LogP contribution is -2.57. The van der Waals surface area contributed by atoms with Crippen LogP contribution in [0, 0.1) is 0 Å². The van der Waals surface area contributed by atoms with Gasteiger partial charge in [0, 0.05) is 17.1 Å². The predicted molar refractivity (Wildman–Crippen MR) is 64.7 cm³/mol. The van der Waals surface area contributed by atoms with Crippen molar-refractivity contribution in [3.8, 4) is 0 Å². The highest BCUT2D eigenvalue weighted by atomic mass is 19.4. The van der Waals surface area contributed by atoms with Crippen LogP contribution in [0.5, 0.6) is 0 Å². The van der Waals surface area contributed by atoms with Gasteiger partial charge in [-0.25, -0.2) is 0 Å². The van der Waals surface area contributed by atoms with Crippen molar-refractivity contribution < 1.29 is 18.0 Å². The number of halogens is 3. The number of rotatable bonds is 2. The zero-order chi connectivity index (χ0) is 14.3. The van der Waals surface area contributed by atoms with Gasteiger partial charge < -0.3 is 5.73 Å². The van der Waals surface area contributed by atoms with Crippen LogP contribution in [0.4, 0.5) is 13.2 Å². The maximum Gasteiger partial charge on any atom is 0.413 e. The van der Waals surface area contributed by atoms with Crippen molar-refractivity contribution in [1.82, 2.24) is 4.98 Å². The van der Waals surface area contributed by atoms with Crippen molar-refractivity contribution >= 4 is 16.7 Å². The average molecular weight is 268 g/mol. The van der Waals surface area contributed by atoms with Crippen molar-refractivity contribution in [1.29, 1.82) is 0 Å². The number of Topliss-reactive ketones (excluding diaryl/α,β-unsaturated/α-hetero) is 1. The SMILES string of the molecule is CC(N)(C(=O)c1cnc2ccccc2c1)C(F)(F)F. The van der Waals surface area contributed by atoms with Crippen LogP contribution in [-0.2, 0) is 0 Å². The highest BCUT2D eigenvalue weighted by Crippen LogP contribution is 2.31. The number of para-hydroxylation sites is 1. The van der Waals surface area contributed by atoms with Crippen LogP contribution in [-0.4, -0.2) is 22.5 Å². The smallest absolute Gasteiger partial charge is 0.311 e. The number of hydrogen-bond acceptors (Lipinski definition) is 3. The molecule has 1 aromatic carbocycles. The van der Waals surface area contributed by atoms with Gasteiger partial charge in [-0.15, -0.1) is 0 Å². The van der Waals surface area contributed by atoms with Gasteiger partial charge in [0.2, 0.25) is 0 Å². The lowest BCUT2D eigenvalue weighted by Gasteiger charge is -2.25. The Labute approximate surface area is 107 Å². The summed E-state index contributed by atoms with van der Waals surface area (Å²) in [5.41, 5.74) is 2.64. The number of carbonyl (C=O) groups excluding carboxylic acids is 1. The molecule has 1 aromatic heterocycles. The van der Waals surface area contributed by atoms with Crippen molar-refractivity contribution in [2.24, 2.45) is 5.73 Å². The molecule has 0 bridgehead atoms. The Hall–Kier alpha value is -1.95. The minimum Gasteiger partial charge on any atom is -0.311 e. The normalized spacial score (nSPS) is 15.2. The Balaban J connectivity index is 2.48. The second-order valence-electron chi connectivity index (χ2n) is 4.45. The van der Waals surface area contributed by atoms with Gasteiger partial charge in [0.1, 0.15) is 0 Å². The molecule has 0 saturated carbocycles. The predicted octanol–water partition coefficient (Wildman–Crippen LogP) is 2.70. The lowest BCUT2D eigenvalue weighted by atomic mass is 9.92. The summed E-state index contributed by atoms with van der Waals surface area (Å²) in [6.07, 6.45) is -3.70. The van der Waals surface area contributed by atoms with E-state index in [4.69, 9.17) is 5.73 Å². The Morgan fingerprint density at radius 3 is 2.53 bits per heavy atom. The minimum atomic E-state index is -4.81. The molecule has 0 aliphatic carbocycles. The van der Waals surface area contributed by atoms with Gasteiger partial charge in [0.15, 0.2) is 11.3 Å². The molecule has 2 aromatic rings. The molecule has 19 heavy (non-hydrogen) atoms. The van der Waals surface area contributed by atoms with Crippen molar-refractivity contribution in [3.05, 3.63) is 42.1 Å². The molecule has 1 heterocycles. The zero-order valence-electron chi connectivity index (χ0n) is 10.0. The van der Waals surface area contributed by atoms with E-state index in [2.05, 4.69) is 4.98 Å². The largest absolute Gasteiger partial charge is 0.413 e. The molecule has 2 N–H and O–H groups in total. The molecule has 0 fully saturated rings. The molecule has 0 radical (unpaired) electrons. The first kappa shape index (κ1) is 13.5. The van der Waals surface area contributed by atoms with Gasteiger partial charge in [-0.1, -0.05) is 18.2 Å². The summed E-state index contributed by atoms with van der Waals surface area (Å²) in [5.74, 6) is -1.20. The van der Waals surface area contributed by atoms with Crippen LogP contribution in [0.25, 0.3) is 10.9 Å². The van der Waals surface area contributed by atoms with Gasteiger partial charge in [-0.3, -0.25) is 9.78 Å². The fraction of sp³-hybridized carbons (Fsp3) is 0.231. The van der Waals surface area contributed by atoms with Crippen LogP contribution in [0.15, 0.2) is 36.5 Å². The number of benzene rings is 1. The van der Waals surface area contributed by atoms with Gasteiger partial charge in [0.25, 0.3) is 0 Å². The maximum absolute atomic E-state index is 12.7. The second-order valence-corrected chi connectivity index (χ2v) is 4.45. The molecule has 1 unspecified atom stereocenters. The van der Waals surface area contributed by atoms with E-state index < -0.39 is 17.5 Å². The van der Waals surface area contributed by atoms with E-state index in [-0.39, 0.29) is 5.56 Å². The standard InChI is InChI=1S/C13H11F3N2O/c1-12(17,13(14,15)16)11(19)9-6-8-4-2-3-5-10(8)18-7-9/h2-7H,17H2,1H3. The monoisotopic (exact) mass is 268 g/mol. The number of nitrogens with two attached hydrogens (primary N) is 1. The number of nitrogens with zero attached hydrogens (tertiary/aromatic N) is 1. The third-order valence-electron chi connectivity index (χ3n) is 2.91. The number of pyridine rings is 1. The van der Waals surface area contributed by atoms with Crippen LogP contribution in [0.3, 0.4) is 0 Å². The molecule has 0 saturated heterocycles. The molecule has 3 nitrogen and oxygen atoms in total. The second kappa shape index (κ2) is 4.31. The Bertz CT molecular complexity index is 635. The summed E-state index contributed by atoms with van der Waals surface area (Å²) in [4.78, 5) is 15.8. The highest BCUT2D eigenvalue weighted by Gasteiger charge is 2.53. The molecule has 0 aliphatic heterocycles. The van der Waals surface area contributed by atoms with E-state index in [1.807, 2.05) is 0 Å². The fourth-order valence-electron chi connectivity index (χ4n) is 1.62. The molecule has 6 heteroatoms. The number of ketones is 1. The first-order valence-corrected chi connectivity index (χ1v) is 5.48. The van der Waals surface area contributed by atoms with Crippen LogP contribution in [0.2, 0.25) is 0 Å². The van der Waals surface area contributed by atoms with E-state index in [1.54, 1.807) is 24.3 Å². The third-order valence-corrected chi connectivity index (χ3v) is 2.91. The summed E-state index contributed by atoms with van der Waals surface area (Å²) in [6, 6.07) is 8.19. The highest BCUT2D eigenvalue weighted by molar-refractivity contribution is 6.05. The lowest BCUT2D eigenvalue weighted by molar-refractivity contribution is -0.165. The topological polar surface area (TPSA) is 56.0 Å². The van der Waals surface area contributed by atoms with E-state index >= 15 is 0 Å². The summed E-state index contributed by atoms with van der Waals surface area (Å²) >= 11 is 0. The van der Waals surface area contributed by atoms with Crippen LogP contribution >= 0.6 is 0 Å². The van der Waals surface area contributed by atoms with E-state index in [0.29, 0.717) is 17.8 Å². The number of hydrogen-bond donors (Lipinski definition) is 1. The Kier molecular flexibility index (Phi) is 3.06. The summed E-state index contributed by atoms with van der Waals surface area (Å²) in [7, 11) is 0. The number of fused-ring (bicyclic) bond motifs is 1. The van der Waals surface area contributed by atoms with Crippen molar-refractivity contribution in [2.45, 2.75) is 18.6 Å². The number of alkyl halides is 3. The first-order valence-electron chi connectivity index (χ1n) is 5.48. The van der Waals surface area contributed by atoms with E-state index in [9.17, 15) is 18.0 Å². The minimum absolute atomic E-state index is 0.152. The first-order chi connectivity index (χ1) is 8.73. The molecule has 100 valence electrons. The average Bonchev–Trinajstić information content (AvgIpc) is 2.36. The van der Waals surface area contributed by atoms with Gasteiger partial charge in [0.05, 0.1) is 5.52 Å². The maximum atomic E-state index is 12.7. The Morgan fingerprint density at radius 2 is 1.89 bits per heavy atom. The van der Waals surface area contributed by atoms with Gasteiger partial charge in [-0.2, -0.15) is 13.2 Å². The summed E-state index contributed by atoms with van der Waals surface area (Å²) < 4.78 is 38.2. The molecular weight excluding hydrogens is 257 g/mol. The quantitative estimate of drug-likeness (QED) is 0.852. The number of aromatic nitrogens is 1. The van der Waals surface area contributed by atoms with Crippen LogP contribution in [0.1, 0.15) is 17.3 Å². The summed E-state index contributed by atoms with van der Waals surface area (Å²) in [6.45, 7) is 0.657. The summed E-state index contributed by atoms with van der Waals surface area (Å²) in [5, 5.41) is 0.589. The van der Waals surface area contributed by atoms with E-state index in [1.165, 1.54) is 6.07 Å². The fourth-order valence-corrected chi connectivity index (χ4v) is 1.62. The van der Waals surface area contributed by atoms with E-state index in [0.717, 1.165) is 6.20 Å². The molecule has 1 atom stereocenters. The molecular formula is C13H11F3N2O. The molecule has 0 spiro atoms. The van der Waals surface area contributed by atoms with Crippen molar-refractivity contribution in [2.75, 3.05) is 0 Å². The van der Waals surface area contributed by atoms with Gasteiger partial charge >= 0.3 is 6.18 Å². The van der Waals surface area contributed by atoms with Gasteiger partial charge in [-0.05, 0) is 19.1 Å². The molecule has 0 aliphatic rings. The Morgan fingerprint density at radius 1 is 1.26 bits per heavy atom. The number of carbonyl (C=O) groups is 1.